The van der Waals surface area contributed by atoms with E-state index < -0.39 is 16.7 Å². The first kappa shape index (κ1) is 12.4. The Morgan fingerprint density at radius 1 is 1.37 bits per heavy atom. The molecule has 0 aromatic carbocycles. The van der Waals surface area contributed by atoms with Crippen LogP contribution in [0.5, 0.6) is 0 Å². The van der Waals surface area contributed by atoms with Crippen molar-refractivity contribution in [1.82, 2.24) is 5.43 Å². The predicted octanol–water partition coefficient (Wildman–Crippen LogP) is 0.0956. The summed E-state index contributed by atoms with van der Waals surface area (Å²) >= 11 is 0. The van der Waals surface area contributed by atoms with Crippen LogP contribution in [-0.4, -0.2) is 10.8 Å². The van der Waals surface area contributed by atoms with Crippen LogP contribution in [0.25, 0.3) is 0 Å². The van der Waals surface area contributed by atoms with Gasteiger partial charge in [-0.15, -0.1) is 0 Å². The molecule has 0 saturated carbocycles. The second-order valence-corrected chi connectivity index (χ2v) is 3.51. The van der Waals surface area contributed by atoms with E-state index in [1.807, 2.05) is 0 Å². The van der Waals surface area contributed by atoms with Crippen LogP contribution in [0.4, 0.5) is 5.88 Å². The number of furan rings is 1. The Morgan fingerprint density at radius 3 is 2.63 bits per heavy atom. The molecule has 1 aromatic heterocycles. The van der Waals surface area contributed by atoms with Crippen molar-refractivity contribution < 1.29 is 14.4 Å². The second kappa shape index (κ2) is 5.08. The van der Waals surface area contributed by atoms with Crippen molar-refractivity contribution in [2.45, 2.75) is 0 Å². The van der Waals surface area contributed by atoms with Gasteiger partial charge in [-0.25, -0.2) is 0 Å². The standard InChI is InChI=1S/C11H10N4O4/c12-10(8-5-6-9(19-8)15(17)18)13-14-11(16)7-3-1-2-4-7/h1-6,14,16H,(H2,12,13)/p-1. The molecule has 2 rings (SSSR count). The number of nitrogens with zero attached hydrogens (tertiary/aromatic N) is 2. The lowest BCUT2D eigenvalue weighted by atomic mass is 10.3. The number of nitrogens with one attached hydrogen (secondary N) is 1. The summed E-state index contributed by atoms with van der Waals surface area (Å²) in [4.78, 5) is 9.72. The number of nitro groups is 1. The maximum atomic E-state index is 11.5. The smallest absolute Gasteiger partial charge is 0.433 e. The van der Waals surface area contributed by atoms with Crippen LogP contribution in [0.2, 0.25) is 0 Å². The van der Waals surface area contributed by atoms with Crippen molar-refractivity contribution in [3.05, 3.63) is 63.8 Å². The second-order valence-electron chi connectivity index (χ2n) is 3.51. The summed E-state index contributed by atoms with van der Waals surface area (Å²) in [6.07, 6.45) is 6.63. The van der Waals surface area contributed by atoms with Gasteiger partial charge < -0.3 is 15.3 Å². The van der Waals surface area contributed by atoms with E-state index in [2.05, 4.69) is 10.5 Å². The van der Waals surface area contributed by atoms with Gasteiger partial charge in [0.2, 0.25) is 0 Å². The molecule has 3 N–H and O–H groups in total. The largest absolute Gasteiger partial charge is 0.859 e. The number of hydrazone groups is 1. The Labute approximate surface area is 107 Å². The highest BCUT2D eigenvalue weighted by Crippen LogP contribution is 2.15. The molecule has 0 amide bonds. The minimum Gasteiger partial charge on any atom is -0.859 e. The first-order valence-electron chi connectivity index (χ1n) is 5.18. The van der Waals surface area contributed by atoms with Gasteiger partial charge in [-0.3, -0.25) is 15.5 Å². The predicted molar refractivity (Wildman–Crippen MR) is 64.5 cm³/mol. The molecule has 0 unspecified atom stereocenters. The monoisotopic (exact) mass is 261 g/mol. The lowest BCUT2D eigenvalue weighted by Crippen LogP contribution is -2.24. The summed E-state index contributed by atoms with van der Waals surface area (Å²) in [6, 6.07) is 2.45. The molecular formula is C11H9N4O4-. The summed E-state index contributed by atoms with van der Waals surface area (Å²) in [7, 11) is 0. The van der Waals surface area contributed by atoms with E-state index in [0.717, 1.165) is 6.07 Å². The van der Waals surface area contributed by atoms with Gasteiger partial charge in [0.1, 0.15) is 4.92 Å². The van der Waals surface area contributed by atoms with Gasteiger partial charge in [0, 0.05) is 0 Å². The van der Waals surface area contributed by atoms with Crippen LogP contribution in [0.3, 0.4) is 0 Å². The molecule has 0 bridgehead atoms. The van der Waals surface area contributed by atoms with Crippen LogP contribution < -0.4 is 16.3 Å². The lowest BCUT2D eigenvalue weighted by molar-refractivity contribution is -0.402. The van der Waals surface area contributed by atoms with Gasteiger partial charge in [0.05, 0.1) is 6.07 Å². The van der Waals surface area contributed by atoms with Gasteiger partial charge in [-0.2, -0.15) is 5.10 Å². The Kier molecular flexibility index (Phi) is 3.33. The minimum absolute atomic E-state index is 0.00880. The van der Waals surface area contributed by atoms with E-state index in [1.54, 1.807) is 24.3 Å². The molecule has 0 fully saturated rings. The van der Waals surface area contributed by atoms with Crippen LogP contribution in [-0.2, 0) is 0 Å². The molecule has 0 spiro atoms. The van der Waals surface area contributed by atoms with E-state index in [4.69, 9.17) is 10.2 Å². The van der Waals surface area contributed by atoms with Crippen molar-refractivity contribution in [3.8, 4) is 0 Å². The summed E-state index contributed by atoms with van der Waals surface area (Å²) in [5, 5.41) is 25.6. The molecule has 0 saturated heterocycles. The molecular weight excluding hydrogens is 252 g/mol. The van der Waals surface area contributed by atoms with E-state index in [9.17, 15) is 15.2 Å². The van der Waals surface area contributed by atoms with Crippen molar-refractivity contribution >= 4 is 11.7 Å². The Balaban J connectivity index is 2.10. The first-order valence-corrected chi connectivity index (χ1v) is 5.18. The number of hydrogen-bond donors (Lipinski definition) is 2. The molecule has 98 valence electrons. The summed E-state index contributed by atoms with van der Waals surface area (Å²) < 4.78 is 4.82. The average Bonchev–Trinajstić information content (AvgIpc) is 3.05. The average molecular weight is 261 g/mol. The molecule has 0 radical (unpaired) electrons. The molecule has 1 aromatic rings. The highest BCUT2D eigenvalue weighted by Gasteiger charge is 2.13. The topological polar surface area (TPSA) is 130 Å². The highest BCUT2D eigenvalue weighted by molar-refractivity contribution is 5.94. The van der Waals surface area contributed by atoms with E-state index in [1.165, 1.54) is 6.07 Å². The zero-order chi connectivity index (χ0) is 13.8. The van der Waals surface area contributed by atoms with Crippen molar-refractivity contribution in [1.29, 1.82) is 0 Å². The fraction of sp³-hybridized carbons (Fsp3) is 0. The number of nitrogens with two attached hydrogens (primary N) is 1. The minimum atomic E-state index is -0.695. The quantitative estimate of drug-likeness (QED) is 0.260. The Hall–Kier alpha value is -3.03. The van der Waals surface area contributed by atoms with Crippen LogP contribution in [0.1, 0.15) is 5.76 Å². The lowest BCUT2D eigenvalue weighted by Gasteiger charge is -2.12. The summed E-state index contributed by atoms with van der Waals surface area (Å²) in [6.45, 7) is 0. The van der Waals surface area contributed by atoms with Gasteiger partial charge in [0.25, 0.3) is 0 Å². The third-order valence-electron chi connectivity index (χ3n) is 2.23. The fourth-order valence-electron chi connectivity index (χ4n) is 1.32. The number of amidine groups is 1. The Bertz CT molecular complexity index is 610. The zero-order valence-electron chi connectivity index (χ0n) is 9.57. The number of allylic oxidation sites excluding steroid dienone is 5. The maximum absolute atomic E-state index is 11.5. The van der Waals surface area contributed by atoms with Gasteiger partial charge in [-0.1, -0.05) is 24.3 Å². The van der Waals surface area contributed by atoms with E-state index >= 15 is 0 Å². The van der Waals surface area contributed by atoms with Crippen LogP contribution in [0.15, 0.2) is 57.4 Å². The molecule has 0 atom stereocenters. The molecule has 1 heterocycles. The third-order valence-corrected chi connectivity index (χ3v) is 2.23. The SMILES string of the molecule is N/C(=N\NC([O-])=C1C=CC=C1)c1ccc([N+](=O)[O-])o1. The zero-order valence-corrected chi connectivity index (χ0v) is 9.57. The van der Waals surface area contributed by atoms with Gasteiger partial charge in [0.15, 0.2) is 11.6 Å². The summed E-state index contributed by atoms with van der Waals surface area (Å²) in [5.74, 6) is -1.04. The molecule has 8 nitrogen and oxygen atoms in total. The van der Waals surface area contributed by atoms with Gasteiger partial charge in [-0.05, 0) is 17.5 Å². The highest BCUT2D eigenvalue weighted by atomic mass is 16.6. The Morgan fingerprint density at radius 2 is 2.05 bits per heavy atom. The van der Waals surface area contributed by atoms with E-state index in [-0.39, 0.29) is 11.6 Å². The normalized spacial score (nSPS) is 13.9. The van der Waals surface area contributed by atoms with Crippen LogP contribution >= 0.6 is 0 Å². The first-order chi connectivity index (χ1) is 9.08. The molecule has 1 aliphatic rings. The van der Waals surface area contributed by atoms with E-state index in [0.29, 0.717) is 5.57 Å². The summed E-state index contributed by atoms with van der Waals surface area (Å²) in [5.41, 5.74) is 8.18. The van der Waals surface area contributed by atoms with Crippen molar-refractivity contribution in [2.75, 3.05) is 0 Å². The molecule has 0 aliphatic heterocycles. The third kappa shape index (κ3) is 2.80. The molecule has 8 heteroatoms. The van der Waals surface area contributed by atoms with Crippen molar-refractivity contribution in [3.63, 3.8) is 0 Å². The van der Waals surface area contributed by atoms with Crippen LogP contribution in [0, 0.1) is 10.1 Å². The molecule has 1 aliphatic carbocycles. The van der Waals surface area contributed by atoms with Gasteiger partial charge >= 0.3 is 5.88 Å². The molecule has 19 heavy (non-hydrogen) atoms. The number of hydrogen-bond acceptors (Lipinski definition) is 6. The van der Waals surface area contributed by atoms with Crippen molar-refractivity contribution in [2.24, 2.45) is 10.8 Å². The maximum Gasteiger partial charge on any atom is 0.433 e. The fourth-order valence-corrected chi connectivity index (χ4v) is 1.32. The number of rotatable bonds is 4.